The number of ether oxygens (including phenoxy) is 2. The third-order valence-corrected chi connectivity index (χ3v) is 3.24. The molecule has 0 fully saturated rings. The van der Waals surface area contributed by atoms with Gasteiger partial charge in [0.05, 0.1) is 18.7 Å². The monoisotopic (exact) mass is 275 g/mol. The molecule has 20 heavy (non-hydrogen) atoms. The largest absolute Gasteiger partial charge is 0.507 e. The van der Waals surface area contributed by atoms with E-state index in [-0.39, 0.29) is 24.5 Å². The van der Waals surface area contributed by atoms with Crippen molar-refractivity contribution < 1.29 is 19.4 Å². The quantitative estimate of drug-likeness (QED) is 0.828. The second-order valence-electron chi connectivity index (χ2n) is 4.49. The Balaban J connectivity index is 2.16. The number of hydrogen-bond donors (Lipinski definition) is 1. The molecule has 1 atom stereocenters. The molecule has 1 aromatic heterocycles. The number of aromatic nitrogens is 1. The third kappa shape index (κ3) is 1.80. The van der Waals surface area contributed by atoms with Crippen LogP contribution < -0.4 is 10.3 Å². The summed E-state index contributed by atoms with van der Waals surface area (Å²) < 4.78 is 11.9. The first-order valence-electron chi connectivity index (χ1n) is 6.30. The maximum Gasteiger partial charge on any atom is 0.349 e. The van der Waals surface area contributed by atoms with Gasteiger partial charge in [-0.1, -0.05) is 6.07 Å². The zero-order chi connectivity index (χ0) is 14.3. The standard InChI is InChI=1S/C14H13NO5/c1-2-19-14(18)11-7-15-12(17)6-9(16)8-4-3-5-10(20-11)13(8)15/h3-6,11,16H,2,7H2,1H3. The number of carbonyl (C=O) groups excluding carboxylic acids is 1. The highest BCUT2D eigenvalue weighted by Crippen LogP contribution is 2.33. The van der Waals surface area contributed by atoms with E-state index in [2.05, 4.69) is 0 Å². The summed E-state index contributed by atoms with van der Waals surface area (Å²) in [4.78, 5) is 23.8. The predicted octanol–water partition coefficient (Wildman–Crippen LogP) is 1.03. The molecule has 6 heteroatoms. The van der Waals surface area contributed by atoms with Crippen LogP contribution in [0.25, 0.3) is 10.9 Å². The zero-order valence-electron chi connectivity index (χ0n) is 10.8. The Kier molecular flexibility index (Phi) is 2.85. The van der Waals surface area contributed by atoms with Crippen LogP contribution in [0.15, 0.2) is 29.1 Å². The van der Waals surface area contributed by atoms with E-state index in [4.69, 9.17) is 9.47 Å². The molecular formula is C14H13NO5. The summed E-state index contributed by atoms with van der Waals surface area (Å²) in [5.74, 6) is -0.212. The number of para-hydroxylation sites is 1. The summed E-state index contributed by atoms with van der Waals surface area (Å²) in [6.45, 7) is 2.03. The number of rotatable bonds is 2. The summed E-state index contributed by atoms with van der Waals surface area (Å²) in [6, 6.07) is 6.18. The smallest absolute Gasteiger partial charge is 0.349 e. The van der Waals surface area contributed by atoms with Crippen molar-refractivity contribution in [1.29, 1.82) is 0 Å². The minimum atomic E-state index is -0.852. The molecule has 6 nitrogen and oxygen atoms in total. The maximum atomic E-state index is 12.0. The number of aromatic hydroxyl groups is 1. The number of pyridine rings is 1. The summed E-state index contributed by atoms with van der Waals surface area (Å²) >= 11 is 0. The van der Waals surface area contributed by atoms with E-state index in [1.54, 1.807) is 25.1 Å². The van der Waals surface area contributed by atoms with Gasteiger partial charge < -0.3 is 19.1 Å². The highest BCUT2D eigenvalue weighted by Gasteiger charge is 2.29. The summed E-state index contributed by atoms with van der Waals surface area (Å²) in [5.41, 5.74) is 0.123. The fourth-order valence-electron chi connectivity index (χ4n) is 2.38. The van der Waals surface area contributed by atoms with Gasteiger partial charge in [0.15, 0.2) is 0 Å². The Morgan fingerprint density at radius 1 is 1.55 bits per heavy atom. The molecular weight excluding hydrogens is 262 g/mol. The molecule has 104 valence electrons. The number of esters is 1. The molecule has 0 bridgehead atoms. The fourth-order valence-corrected chi connectivity index (χ4v) is 2.38. The van der Waals surface area contributed by atoms with E-state index >= 15 is 0 Å². The molecule has 0 amide bonds. The van der Waals surface area contributed by atoms with Crippen LogP contribution in [0.3, 0.4) is 0 Å². The first kappa shape index (κ1) is 12.5. The maximum absolute atomic E-state index is 12.0. The van der Waals surface area contributed by atoms with Crippen molar-refractivity contribution in [3.05, 3.63) is 34.6 Å². The number of nitrogens with zero attached hydrogens (tertiary/aromatic N) is 1. The first-order valence-corrected chi connectivity index (χ1v) is 6.30. The molecule has 0 spiro atoms. The summed E-state index contributed by atoms with van der Waals surface area (Å²) in [6.07, 6.45) is -0.852. The second-order valence-corrected chi connectivity index (χ2v) is 4.49. The molecule has 0 aliphatic carbocycles. The van der Waals surface area contributed by atoms with E-state index < -0.39 is 12.1 Å². The van der Waals surface area contributed by atoms with Gasteiger partial charge in [0.2, 0.25) is 6.10 Å². The Morgan fingerprint density at radius 3 is 3.10 bits per heavy atom. The zero-order valence-corrected chi connectivity index (χ0v) is 10.8. The van der Waals surface area contributed by atoms with E-state index in [9.17, 15) is 14.7 Å². The van der Waals surface area contributed by atoms with Crippen molar-refractivity contribution >= 4 is 16.9 Å². The molecule has 2 heterocycles. The minimum Gasteiger partial charge on any atom is -0.507 e. The highest BCUT2D eigenvalue weighted by atomic mass is 16.6. The van der Waals surface area contributed by atoms with Crippen molar-refractivity contribution in [3.63, 3.8) is 0 Å². The summed E-state index contributed by atoms with van der Waals surface area (Å²) in [5, 5.41) is 10.3. The van der Waals surface area contributed by atoms with E-state index in [1.807, 2.05) is 0 Å². The first-order chi connectivity index (χ1) is 9.61. The van der Waals surface area contributed by atoms with E-state index in [1.165, 1.54) is 4.57 Å². The van der Waals surface area contributed by atoms with Crippen LogP contribution in [0.2, 0.25) is 0 Å². The molecule has 1 aliphatic rings. The van der Waals surface area contributed by atoms with Gasteiger partial charge in [0.1, 0.15) is 11.5 Å². The van der Waals surface area contributed by atoms with Crippen molar-refractivity contribution in [2.75, 3.05) is 6.61 Å². The molecule has 3 rings (SSSR count). The number of hydrogen-bond acceptors (Lipinski definition) is 5. The van der Waals surface area contributed by atoms with Crippen molar-refractivity contribution in [1.82, 2.24) is 4.57 Å². The van der Waals surface area contributed by atoms with Gasteiger partial charge >= 0.3 is 5.97 Å². The lowest BCUT2D eigenvalue weighted by atomic mass is 10.1. The van der Waals surface area contributed by atoms with Crippen LogP contribution in [0.1, 0.15) is 6.92 Å². The molecule has 2 aromatic rings. The van der Waals surface area contributed by atoms with Gasteiger partial charge in [-0.05, 0) is 19.1 Å². The molecule has 1 N–H and O–H groups in total. The molecule has 0 saturated carbocycles. The Morgan fingerprint density at radius 2 is 2.35 bits per heavy atom. The van der Waals surface area contributed by atoms with Crippen LogP contribution in [-0.2, 0) is 16.1 Å². The van der Waals surface area contributed by atoms with Crippen molar-refractivity contribution in [3.8, 4) is 11.5 Å². The van der Waals surface area contributed by atoms with Gasteiger partial charge in [0, 0.05) is 11.5 Å². The lowest BCUT2D eigenvalue weighted by molar-refractivity contribution is -0.152. The summed E-state index contributed by atoms with van der Waals surface area (Å²) in [7, 11) is 0. The molecule has 1 aromatic carbocycles. The van der Waals surface area contributed by atoms with Gasteiger partial charge in [-0.15, -0.1) is 0 Å². The van der Waals surface area contributed by atoms with Crippen LogP contribution in [0.5, 0.6) is 11.5 Å². The Bertz CT molecular complexity index is 749. The highest BCUT2D eigenvalue weighted by molar-refractivity contribution is 5.91. The average molecular weight is 275 g/mol. The Labute approximate surface area is 114 Å². The lowest BCUT2D eigenvalue weighted by Gasteiger charge is -2.26. The van der Waals surface area contributed by atoms with Gasteiger partial charge in [-0.25, -0.2) is 4.79 Å². The average Bonchev–Trinajstić information content (AvgIpc) is 2.44. The van der Waals surface area contributed by atoms with Crippen molar-refractivity contribution in [2.45, 2.75) is 19.6 Å². The van der Waals surface area contributed by atoms with Crippen LogP contribution >= 0.6 is 0 Å². The van der Waals surface area contributed by atoms with Gasteiger partial charge in [0.25, 0.3) is 5.56 Å². The van der Waals surface area contributed by atoms with E-state index in [0.29, 0.717) is 16.7 Å². The topological polar surface area (TPSA) is 77.8 Å². The molecule has 1 unspecified atom stereocenters. The molecule has 1 aliphatic heterocycles. The molecule has 0 saturated heterocycles. The van der Waals surface area contributed by atoms with Crippen LogP contribution in [0, 0.1) is 0 Å². The number of carbonyl (C=O) groups is 1. The van der Waals surface area contributed by atoms with E-state index in [0.717, 1.165) is 6.07 Å². The minimum absolute atomic E-state index is 0.0749. The van der Waals surface area contributed by atoms with Gasteiger partial charge in [-0.2, -0.15) is 0 Å². The Hall–Kier alpha value is -2.50. The fraction of sp³-hybridized carbons (Fsp3) is 0.286. The lowest BCUT2D eigenvalue weighted by Crippen LogP contribution is -2.40. The predicted molar refractivity (Wildman–Crippen MR) is 70.9 cm³/mol. The van der Waals surface area contributed by atoms with Crippen molar-refractivity contribution in [2.24, 2.45) is 0 Å². The van der Waals surface area contributed by atoms with Crippen LogP contribution in [0.4, 0.5) is 0 Å². The van der Waals surface area contributed by atoms with Crippen LogP contribution in [-0.4, -0.2) is 28.4 Å². The normalized spacial score (nSPS) is 16.8. The molecule has 0 radical (unpaired) electrons. The number of benzene rings is 1. The second kappa shape index (κ2) is 4.56. The SMILES string of the molecule is CCOC(=O)C1Cn2c(=O)cc(O)c3cccc(c32)O1. The van der Waals surface area contributed by atoms with Gasteiger partial charge in [-0.3, -0.25) is 4.79 Å². The third-order valence-electron chi connectivity index (χ3n) is 3.24.